The van der Waals surface area contributed by atoms with Crippen molar-refractivity contribution in [1.82, 2.24) is 4.57 Å². The molecule has 6 aromatic rings. The number of hydrogen-bond acceptors (Lipinski definition) is 0. The minimum absolute atomic E-state index is 1.21. The van der Waals surface area contributed by atoms with Gasteiger partial charge >= 0.3 is 0 Å². The average Bonchev–Trinajstić information content (AvgIpc) is 3.13. The van der Waals surface area contributed by atoms with Crippen LogP contribution in [0.25, 0.3) is 49.5 Å². The number of aryl methyl sites for hydroxylation is 2. The number of hydrogen-bond donors (Lipinski definition) is 0. The van der Waals surface area contributed by atoms with E-state index in [0.717, 1.165) is 0 Å². The molecule has 2 aromatic heterocycles. The van der Waals surface area contributed by atoms with Crippen LogP contribution in [0.4, 0.5) is 0 Å². The molecule has 0 aliphatic rings. The summed E-state index contributed by atoms with van der Waals surface area (Å²) >= 11 is 0. The van der Waals surface area contributed by atoms with Crippen LogP contribution in [-0.4, -0.2) is 4.57 Å². The molecule has 31 heavy (non-hydrogen) atoms. The third kappa shape index (κ3) is 2.69. The number of benzene rings is 4. The Kier molecular flexibility index (Phi) is 3.94. The van der Waals surface area contributed by atoms with Crippen molar-refractivity contribution in [1.29, 1.82) is 0 Å². The fourth-order valence-corrected chi connectivity index (χ4v) is 4.86. The van der Waals surface area contributed by atoms with Crippen LogP contribution in [0.5, 0.6) is 0 Å². The first-order valence-corrected chi connectivity index (χ1v) is 10.7. The monoisotopic (exact) mass is 399 g/mol. The van der Waals surface area contributed by atoms with Crippen LogP contribution >= 0.6 is 0 Å². The highest BCUT2D eigenvalue weighted by atomic mass is 15.0. The first-order chi connectivity index (χ1) is 15.2. The standard InChI is InChI=1S/C29H23N2/c1-20-10-3-4-12-22(20)29-18-25-21(19-30(29)2)11-9-17-28(25)31-26-15-7-5-13-23(26)24-14-6-8-16-27(24)31/h3-19H,1-2H3/q+1. The van der Waals surface area contributed by atoms with Crippen LogP contribution in [0.2, 0.25) is 0 Å². The average molecular weight is 400 g/mol. The molecule has 6 rings (SSSR count). The molecule has 0 bridgehead atoms. The van der Waals surface area contributed by atoms with E-state index in [9.17, 15) is 0 Å². The normalized spacial score (nSPS) is 11.5. The van der Waals surface area contributed by atoms with Crippen LogP contribution in [0.15, 0.2) is 103 Å². The first kappa shape index (κ1) is 17.9. The van der Waals surface area contributed by atoms with Gasteiger partial charge in [-0.15, -0.1) is 0 Å². The van der Waals surface area contributed by atoms with Gasteiger partial charge in [-0.1, -0.05) is 60.7 Å². The van der Waals surface area contributed by atoms with Gasteiger partial charge in [-0.2, -0.15) is 0 Å². The molecule has 0 aliphatic heterocycles. The number of rotatable bonds is 2. The van der Waals surface area contributed by atoms with Crippen molar-refractivity contribution in [2.75, 3.05) is 0 Å². The zero-order valence-corrected chi connectivity index (χ0v) is 17.7. The predicted molar refractivity (Wildman–Crippen MR) is 130 cm³/mol. The van der Waals surface area contributed by atoms with Crippen molar-refractivity contribution in [3.63, 3.8) is 0 Å². The lowest BCUT2D eigenvalue weighted by Crippen LogP contribution is -2.30. The van der Waals surface area contributed by atoms with Crippen LogP contribution in [-0.2, 0) is 7.05 Å². The third-order valence-corrected chi connectivity index (χ3v) is 6.35. The van der Waals surface area contributed by atoms with Gasteiger partial charge in [-0.05, 0) is 42.8 Å². The highest BCUT2D eigenvalue weighted by molar-refractivity contribution is 6.10. The Balaban J connectivity index is 1.74. The maximum atomic E-state index is 2.41. The Hall–Kier alpha value is -3.91. The molecular weight excluding hydrogens is 376 g/mol. The Morgan fingerprint density at radius 1 is 0.645 bits per heavy atom. The summed E-state index contributed by atoms with van der Waals surface area (Å²) in [4.78, 5) is 0. The number of aromatic nitrogens is 2. The predicted octanol–water partition coefficient (Wildman–Crippen LogP) is 6.74. The summed E-state index contributed by atoms with van der Waals surface area (Å²) in [6, 6.07) is 34.9. The summed E-state index contributed by atoms with van der Waals surface area (Å²) in [7, 11) is 2.13. The van der Waals surface area contributed by atoms with Crippen LogP contribution < -0.4 is 4.57 Å². The van der Waals surface area contributed by atoms with E-state index in [-0.39, 0.29) is 0 Å². The Morgan fingerprint density at radius 3 is 2.00 bits per heavy atom. The van der Waals surface area contributed by atoms with Crippen LogP contribution in [0.1, 0.15) is 5.56 Å². The Labute approximate surface area is 181 Å². The van der Waals surface area contributed by atoms with Gasteiger partial charge in [0.1, 0.15) is 7.05 Å². The second-order valence-electron chi connectivity index (χ2n) is 8.23. The number of para-hydroxylation sites is 2. The maximum Gasteiger partial charge on any atom is 0.213 e. The molecule has 0 radical (unpaired) electrons. The smallest absolute Gasteiger partial charge is 0.213 e. The lowest BCUT2D eigenvalue weighted by Gasteiger charge is -2.12. The fourth-order valence-electron chi connectivity index (χ4n) is 4.86. The van der Waals surface area contributed by atoms with Crippen LogP contribution in [0, 0.1) is 6.92 Å². The molecule has 2 heteroatoms. The van der Waals surface area contributed by atoms with Gasteiger partial charge in [-0.25, -0.2) is 4.57 Å². The second-order valence-corrected chi connectivity index (χ2v) is 8.23. The van der Waals surface area contributed by atoms with Crippen molar-refractivity contribution < 1.29 is 4.57 Å². The van der Waals surface area contributed by atoms with Gasteiger partial charge in [0.2, 0.25) is 5.69 Å². The molecule has 0 unspecified atom stereocenters. The van der Waals surface area contributed by atoms with E-state index in [1.165, 1.54) is 55.1 Å². The largest absolute Gasteiger partial charge is 0.309 e. The number of fused-ring (bicyclic) bond motifs is 4. The molecule has 0 amide bonds. The van der Waals surface area contributed by atoms with E-state index in [1.807, 2.05) is 0 Å². The van der Waals surface area contributed by atoms with Gasteiger partial charge in [0.05, 0.1) is 16.7 Å². The topological polar surface area (TPSA) is 8.81 Å². The zero-order chi connectivity index (χ0) is 20.9. The molecule has 0 saturated heterocycles. The van der Waals surface area contributed by atoms with E-state index in [2.05, 4.69) is 126 Å². The summed E-state index contributed by atoms with van der Waals surface area (Å²) in [6.45, 7) is 2.18. The van der Waals surface area contributed by atoms with Crippen molar-refractivity contribution in [3.8, 4) is 16.9 Å². The van der Waals surface area contributed by atoms with Gasteiger partial charge in [0.15, 0.2) is 6.20 Å². The van der Waals surface area contributed by atoms with E-state index in [0.29, 0.717) is 0 Å². The summed E-state index contributed by atoms with van der Waals surface area (Å²) in [5.41, 5.74) is 7.46. The van der Waals surface area contributed by atoms with E-state index >= 15 is 0 Å². The molecule has 0 atom stereocenters. The molecule has 0 N–H and O–H groups in total. The molecule has 0 aliphatic carbocycles. The maximum absolute atomic E-state index is 2.41. The SMILES string of the molecule is Cc1ccccc1-c1cc2c(-n3c4ccccc4c4ccccc43)cccc2c[n+]1C. The Morgan fingerprint density at radius 2 is 1.29 bits per heavy atom. The molecule has 2 heterocycles. The molecule has 2 nitrogen and oxygen atoms in total. The molecule has 148 valence electrons. The summed E-state index contributed by atoms with van der Waals surface area (Å²) < 4.78 is 4.65. The Bertz CT molecular complexity index is 1550. The van der Waals surface area contributed by atoms with Crippen molar-refractivity contribution in [2.45, 2.75) is 6.92 Å². The highest BCUT2D eigenvalue weighted by Gasteiger charge is 2.18. The first-order valence-electron chi connectivity index (χ1n) is 10.7. The van der Waals surface area contributed by atoms with Crippen molar-refractivity contribution in [3.05, 3.63) is 109 Å². The zero-order valence-electron chi connectivity index (χ0n) is 17.7. The fraction of sp³-hybridized carbons (Fsp3) is 0.0690. The summed E-state index contributed by atoms with van der Waals surface area (Å²) in [6.07, 6.45) is 2.24. The summed E-state index contributed by atoms with van der Waals surface area (Å²) in [5.74, 6) is 0. The highest BCUT2D eigenvalue weighted by Crippen LogP contribution is 2.35. The molecule has 0 saturated carbocycles. The number of nitrogens with zero attached hydrogens (tertiary/aromatic N) is 2. The summed E-state index contributed by atoms with van der Waals surface area (Å²) in [5, 5.41) is 5.07. The minimum Gasteiger partial charge on any atom is -0.309 e. The quantitative estimate of drug-likeness (QED) is 0.285. The molecule has 4 aromatic carbocycles. The molecular formula is C29H23N2+. The minimum atomic E-state index is 1.21. The van der Waals surface area contributed by atoms with E-state index < -0.39 is 0 Å². The molecule has 0 fully saturated rings. The van der Waals surface area contributed by atoms with Gasteiger partial charge in [-0.3, -0.25) is 0 Å². The van der Waals surface area contributed by atoms with E-state index in [4.69, 9.17) is 0 Å². The van der Waals surface area contributed by atoms with Crippen molar-refractivity contribution in [2.24, 2.45) is 7.05 Å². The van der Waals surface area contributed by atoms with Gasteiger partial charge < -0.3 is 4.57 Å². The van der Waals surface area contributed by atoms with Crippen molar-refractivity contribution >= 4 is 32.6 Å². The van der Waals surface area contributed by atoms with Gasteiger partial charge in [0.25, 0.3) is 0 Å². The third-order valence-electron chi connectivity index (χ3n) is 6.35. The van der Waals surface area contributed by atoms with Crippen LogP contribution in [0.3, 0.4) is 0 Å². The lowest BCUT2D eigenvalue weighted by atomic mass is 10.0. The van der Waals surface area contributed by atoms with Gasteiger partial charge in [0, 0.05) is 33.2 Å². The van der Waals surface area contributed by atoms with E-state index in [1.54, 1.807) is 0 Å². The second kappa shape index (κ2) is 6.82. The number of pyridine rings is 1. The molecule has 0 spiro atoms. The lowest BCUT2D eigenvalue weighted by molar-refractivity contribution is -0.659.